The lowest BCUT2D eigenvalue weighted by Gasteiger charge is -2.21. The second kappa shape index (κ2) is 5.68. The maximum absolute atomic E-state index is 11.6. The lowest BCUT2D eigenvalue weighted by molar-refractivity contribution is -0.117. The van der Waals surface area contributed by atoms with Crippen molar-refractivity contribution in [3.8, 4) is 5.75 Å². The minimum absolute atomic E-state index is 0.00837. The van der Waals surface area contributed by atoms with E-state index in [0.717, 1.165) is 11.3 Å². The van der Waals surface area contributed by atoms with Gasteiger partial charge in [-0.3, -0.25) is 4.79 Å². The van der Waals surface area contributed by atoms with Gasteiger partial charge in [0.05, 0.1) is 19.3 Å². The van der Waals surface area contributed by atoms with E-state index in [4.69, 9.17) is 10.5 Å². The van der Waals surface area contributed by atoms with E-state index in [-0.39, 0.29) is 12.5 Å². The number of nitrogens with two attached hydrogens (primary N) is 1. The molecule has 1 aromatic carbocycles. The first-order valence-electron chi connectivity index (χ1n) is 5.65. The Bertz CT molecular complexity index is 402. The number of carbonyl (C=O) groups excluding carboxylic acids is 1. The van der Waals surface area contributed by atoms with Crippen LogP contribution in [0, 0.1) is 0 Å². The molecule has 17 heavy (non-hydrogen) atoms. The van der Waals surface area contributed by atoms with Crippen molar-refractivity contribution in [1.29, 1.82) is 0 Å². The fourth-order valence-electron chi connectivity index (χ4n) is 1.60. The molecule has 0 aliphatic rings. The molecule has 0 aromatic heterocycles. The number of benzene rings is 1. The number of likely N-dealkylation sites (N-methyl/N-ethyl adjacent to an activating group) is 1. The molecule has 1 aromatic rings. The second-order valence-corrected chi connectivity index (χ2v) is 4.24. The Morgan fingerprint density at radius 2 is 2.12 bits per heavy atom. The Morgan fingerprint density at radius 3 is 2.59 bits per heavy atom. The zero-order valence-corrected chi connectivity index (χ0v) is 10.9. The highest BCUT2D eigenvalue weighted by Gasteiger charge is 2.15. The molecule has 0 saturated heterocycles. The van der Waals surface area contributed by atoms with Gasteiger partial charge in [0.1, 0.15) is 5.75 Å². The van der Waals surface area contributed by atoms with E-state index in [1.54, 1.807) is 14.2 Å². The summed E-state index contributed by atoms with van der Waals surface area (Å²) < 4.78 is 5.26. The van der Waals surface area contributed by atoms with Gasteiger partial charge in [-0.1, -0.05) is 19.9 Å². The highest BCUT2D eigenvalue weighted by molar-refractivity contribution is 5.95. The topological polar surface area (TPSA) is 55.6 Å². The average Bonchev–Trinajstić information content (AvgIpc) is 2.35. The number of hydrogen-bond acceptors (Lipinski definition) is 3. The van der Waals surface area contributed by atoms with Gasteiger partial charge in [-0.15, -0.1) is 0 Å². The molecule has 1 rings (SSSR count). The van der Waals surface area contributed by atoms with E-state index < -0.39 is 0 Å². The van der Waals surface area contributed by atoms with Crippen LogP contribution in [0.1, 0.15) is 25.3 Å². The van der Waals surface area contributed by atoms with Crippen LogP contribution in [0.2, 0.25) is 0 Å². The minimum atomic E-state index is -0.135. The second-order valence-electron chi connectivity index (χ2n) is 4.24. The molecule has 0 heterocycles. The van der Waals surface area contributed by atoms with Gasteiger partial charge in [-0.25, -0.2) is 0 Å². The van der Waals surface area contributed by atoms with Crippen LogP contribution in [0.4, 0.5) is 5.69 Å². The molecule has 0 spiro atoms. The van der Waals surface area contributed by atoms with E-state index in [9.17, 15) is 4.79 Å². The van der Waals surface area contributed by atoms with Crippen LogP contribution in [0.3, 0.4) is 0 Å². The third kappa shape index (κ3) is 2.97. The van der Waals surface area contributed by atoms with Gasteiger partial charge in [0.15, 0.2) is 0 Å². The molecule has 0 atom stereocenters. The van der Waals surface area contributed by atoms with E-state index in [0.29, 0.717) is 11.7 Å². The fourth-order valence-corrected chi connectivity index (χ4v) is 1.60. The third-order valence-corrected chi connectivity index (χ3v) is 2.78. The van der Waals surface area contributed by atoms with Crippen molar-refractivity contribution in [3.63, 3.8) is 0 Å². The lowest BCUT2D eigenvalue weighted by atomic mass is 10.0. The number of methoxy groups -OCH3 is 1. The van der Waals surface area contributed by atoms with Crippen molar-refractivity contribution in [1.82, 2.24) is 0 Å². The van der Waals surface area contributed by atoms with Crippen LogP contribution < -0.4 is 15.4 Å². The summed E-state index contributed by atoms with van der Waals surface area (Å²) in [4.78, 5) is 13.1. The van der Waals surface area contributed by atoms with Crippen molar-refractivity contribution in [2.24, 2.45) is 5.73 Å². The van der Waals surface area contributed by atoms with Crippen LogP contribution in [0.25, 0.3) is 0 Å². The molecule has 94 valence electrons. The Balaban J connectivity index is 3.18. The molecule has 0 fully saturated rings. The summed E-state index contributed by atoms with van der Waals surface area (Å²) >= 11 is 0. The van der Waals surface area contributed by atoms with E-state index in [1.807, 2.05) is 18.2 Å². The molecule has 0 aliphatic carbocycles. The average molecular weight is 236 g/mol. The van der Waals surface area contributed by atoms with Crippen molar-refractivity contribution in [2.45, 2.75) is 19.8 Å². The minimum Gasteiger partial charge on any atom is -0.495 e. The molecule has 0 aliphatic heterocycles. The normalized spacial score (nSPS) is 10.5. The van der Waals surface area contributed by atoms with Crippen molar-refractivity contribution in [2.75, 3.05) is 25.6 Å². The summed E-state index contributed by atoms with van der Waals surface area (Å²) in [5.41, 5.74) is 7.29. The first-order valence-corrected chi connectivity index (χ1v) is 5.65. The number of anilines is 1. The summed E-state index contributed by atoms with van der Waals surface area (Å²) in [5.74, 6) is 0.948. The van der Waals surface area contributed by atoms with Crippen LogP contribution in [-0.4, -0.2) is 26.6 Å². The summed E-state index contributed by atoms with van der Waals surface area (Å²) in [6.45, 7) is 4.21. The van der Waals surface area contributed by atoms with Crippen LogP contribution >= 0.6 is 0 Å². The van der Waals surface area contributed by atoms with Gasteiger partial charge < -0.3 is 15.4 Å². The standard InChI is InChI=1S/C13H20N2O2/c1-9(2)10-5-6-12(17-4)11(7-10)15(3)13(16)8-14/h5-7,9H,8,14H2,1-4H3. The van der Waals surface area contributed by atoms with Crippen LogP contribution in [0.5, 0.6) is 5.75 Å². The molecule has 2 N–H and O–H groups in total. The summed E-state index contributed by atoms with van der Waals surface area (Å²) in [7, 11) is 3.30. The largest absolute Gasteiger partial charge is 0.495 e. The summed E-state index contributed by atoms with van der Waals surface area (Å²) in [6.07, 6.45) is 0. The molecular weight excluding hydrogens is 216 g/mol. The molecular formula is C13H20N2O2. The first-order chi connectivity index (χ1) is 8.01. The Labute approximate surface area is 102 Å². The van der Waals surface area contributed by atoms with Gasteiger partial charge in [-0.2, -0.15) is 0 Å². The van der Waals surface area contributed by atoms with Crippen molar-refractivity contribution in [3.05, 3.63) is 23.8 Å². The Hall–Kier alpha value is -1.55. The van der Waals surface area contributed by atoms with Crippen molar-refractivity contribution >= 4 is 11.6 Å². The highest BCUT2D eigenvalue weighted by Crippen LogP contribution is 2.31. The molecule has 0 bridgehead atoms. The molecule has 0 saturated carbocycles. The van der Waals surface area contributed by atoms with Gasteiger partial charge >= 0.3 is 0 Å². The van der Waals surface area contributed by atoms with E-state index >= 15 is 0 Å². The van der Waals surface area contributed by atoms with E-state index in [2.05, 4.69) is 13.8 Å². The predicted molar refractivity (Wildman–Crippen MR) is 69.5 cm³/mol. The summed E-state index contributed by atoms with van der Waals surface area (Å²) in [5, 5.41) is 0. The monoisotopic (exact) mass is 236 g/mol. The van der Waals surface area contributed by atoms with Gasteiger partial charge in [0, 0.05) is 7.05 Å². The zero-order chi connectivity index (χ0) is 13.0. The molecule has 1 amide bonds. The Morgan fingerprint density at radius 1 is 1.47 bits per heavy atom. The van der Waals surface area contributed by atoms with Gasteiger partial charge in [-0.05, 0) is 23.6 Å². The highest BCUT2D eigenvalue weighted by atomic mass is 16.5. The molecule has 0 unspecified atom stereocenters. The summed E-state index contributed by atoms with van der Waals surface area (Å²) in [6, 6.07) is 5.86. The maximum atomic E-state index is 11.6. The molecule has 0 radical (unpaired) electrons. The third-order valence-electron chi connectivity index (χ3n) is 2.78. The lowest BCUT2D eigenvalue weighted by Crippen LogP contribution is -2.32. The van der Waals surface area contributed by atoms with Gasteiger partial charge in [0.2, 0.25) is 5.91 Å². The number of nitrogens with zero attached hydrogens (tertiary/aromatic N) is 1. The van der Waals surface area contributed by atoms with Crippen LogP contribution in [-0.2, 0) is 4.79 Å². The fraction of sp³-hybridized carbons (Fsp3) is 0.462. The van der Waals surface area contributed by atoms with Crippen LogP contribution in [0.15, 0.2) is 18.2 Å². The SMILES string of the molecule is COc1ccc(C(C)C)cc1N(C)C(=O)CN. The quantitative estimate of drug-likeness (QED) is 0.866. The maximum Gasteiger partial charge on any atom is 0.240 e. The zero-order valence-electron chi connectivity index (χ0n) is 10.9. The number of hydrogen-bond donors (Lipinski definition) is 1. The predicted octanol–water partition coefficient (Wildman–Crippen LogP) is 1.74. The molecule has 4 nitrogen and oxygen atoms in total. The van der Waals surface area contributed by atoms with Gasteiger partial charge in [0.25, 0.3) is 0 Å². The number of ether oxygens (including phenoxy) is 1. The van der Waals surface area contributed by atoms with E-state index in [1.165, 1.54) is 4.90 Å². The Kier molecular flexibility index (Phi) is 4.52. The number of amides is 1. The van der Waals surface area contributed by atoms with Crippen molar-refractivity contribution < 1.29 is 9.53 Å². The number of carbonyl (C=O) groups is 1. The first kappa shape index (κ1) is 13.5. The molecule has 4 heteroatoms. The smallest absolute Gasteiger partial charge is 0.240 e. The number of rotatable bonds is 4.